The van der Waals surface area contributed by atoms with Gasteiger partial charge in [-0.2, -0.15) is 0 Å². The molecule has 4 heterocycles. The van der Waals surface area contributed by atoms with Crippen molar-refractivity contribution in [2.75, 3.05) is 13.7 Å². The monoisotopic (exact) mass is 448 g/mol. The Kier molecular flexibility index (Phi) is 6.31. The summed E-state index contributed by atoms with van der Waals surface area (Å²) in [5.74, 6) is 0.103. The number of aryl methyl sites for hydroxylation is 2. The van der Waals surface area contributed by atoms with Crippen LogP contribution in [0.2, 0.25) is 0 Å². The third kappa shape index (κ3) is 3.93. The van der Waals surface area contributed by atoms with Crippen molar-refractivity contribution < 1.29 is 18.7 Å². The zero-order valence-corrected chi connectivity index (χ0v) is 18.9. The van der Waals surface area contributed by atoms with Crippen LogP contribution < -0.4 is 5.56 Å². The van der Waals surface area contributed by atoms with Gasteiger partial charge in [0.25, 0.3) is 5.56 Å². The molecule has 1 aliphatic heterocycles. The fourth-order valence-corrected chi connectivity index (χ4v) is 5.93. The van der Waals surface area contributed by atoms with Gasteiger partial charge in [-0.05, 0) is 37.8 Å². The number of hydrogen-bond acceptors (Lipinski definition) is 8. The lowest BCUT2D eigenvalue weighted by Crippen LogP contribution is -2.29. The van der Waals surface area contributed by atoms with E-state index in [-0.39, 0.29) is 17.4 Å². The molecule has 1 atom stereocenters. The highest BCUT2D eigenvalue weighted by Crippen LogP contribution is 2.31. The topological polar surface area (TPSA) is 83.6 Å². The van der Waals surface area contributed by atoms with Gasteiger partial charge in [0.15, 0.2) is 5.16 Å². The van der Waals surface area contributed by atoms with Gasteiger partial charge in [0.1, 0.15) is 4.83 Å². The molecule has 9 heteroatoms. The molecular formula is C21H24N2O5S2. The van der Waals surface area contributed by atoms with E-state index >= 15 is 0 Å². The van der Waals surface area contributed by atoms with Gasteiger partial charge in [0, 0.05) is 22.8 Å². The van der Waals surface area contributed by atoms with Crippen molar-refractivity contribution in [3.8, 4) is 0 Å². The fraction of sp³-hybridized carbons (Fsp3) is 0.476. The quantitative estimate of drug-likeness (QED) is 0.305. The van der Waals surface area contributed by atoms with Crippen LogP contribution in [0.5, 0.6) is 0 Å². The molecular weight excluding hydrogens is 424 g/mol. The molecule has 0 amide bonds. The minimum atomic E-state index is -0.516. The van der Waals surface area contributed by atoms with E-state index in [4.69, 9.17) is 18.9 Å². The molecule has 7 nitrogen and oxygen atoms in total. The normalized spacial score (nSPS) is 16.4. The maximum absolute atomic E-state index is 13.5. The Balaban J connectivity index is 1.73. The largest absolute Gasteiger partial charge is 0.463 e. The van der Waals surface area contributed by atoms with Crippen LogP contribution in [-0.2, 0) is 28.2 Å². The maximum atomic E-state index is 13.5. The number of carbonyl (C=O) groups is 1. The molecule has 0 spiro atoms. The van der Waals surface area contributed by atoms with Crippen molar-refractivity contribution in [1.82, 2.24) is 9.55 Å². The second kappa shape index (κ2) is 8.95. The van der Waals surface area contributed by atoms with Crippen LogP contribution in [0.1, 0.15) is 46.3 Å². The number of carbonyl (C=O) groups excluding carboxylic acids is 1. The van der Waals surface area contributed by atoms with Crippen molar-refractivity contribution >= 4 is 39.3 Å². The van der Waals surface area contributed by atoms with Gasteiger partial charge in [-0.15, -0.1) is 11.3 Å². The van der Waals surface area contributed by atoms with Crippen LogP contribution in [-0.4, -0.2) is 35.3 Å². The fourth-order valence-electron chi connectivity index (χ4n) is 3.78. The molecule has 1 saturated heterocycles. The smallest absolute Gasteiger partial charge is 0.374 e. The lowest BCUT2D eigenvalue weighted by molar-refractivity contribution is 0.0564. The van der Waals surface area contributed by atoms with Crippen molar-refractivity contribution in [2.24, 2.45) is 0 Å². The first-order chi connectivity index (χ1) is 14.5. The number of aromatic nitrogens is 2. The summed E-state index contributed by atoms with van der Waals surface area (Å²) in [6.07, 6.45) is 4.23. The van der Waals surface area contributed by atoms with Gasteiger partial charge < -0.3 is 13.9 Å². The first-order valence-electron chi connectivity index (χ1n) is 9.95. The second-order valence-corrected chi connectivity index (χ2v) is 9.32. The van der Waals surface area contributed by atoms with Gasteiger partial charge in [-0.25, -0.2) is 9.78 Å². The lowest BCUT2D eigenvalue weighted by atomic mass is 10.1. The van der Waals surface area contributed by atoms with Gasteiger partial charge in [0.2, 0.25) is 5.76 Å². The van der Waals surface area contributed by atoms with Crippen molar-refractivity contribution in [3.05, 3.63) is 44.4 Å². The summed E-state index contributed by atoms with van der Waals surface area (Å²) in [4.78, 5) is 32.1. The first kappa shape index (κ1) is 21.1. The van der Waals surface area contributed by atoms with E-state index in [2.05, 4.69) is 6.92 Å². The molecule has 0 saturated carbocycles. The summed E-state index contributed by atoms with van der Waals surface area (Å²) in [7, 11) is 1.32. The van der Waals surface area contributed by atoms with E-state index in [1.54, 1.807) is 22.0 Å². The average molecular weight is 449 g/mol. The Morgan fingerprint density at radius 3 is 3.00 bits per heavy atom. The van der Waals surface area contributed by atoms with E-state index in [0.717, 1.165) is 46.5 Å². The van der Waals surface area contributed by atoms with Crippen LogP contribution in [0.25, 0.3) is 10.2 Å². The highest BCUT2D eigenvalue weighted by atomic mass is 32.2. The molecule has 1 fully saturated rings. The van der Waals surface area contributed by atoms with Crippen LogP contribution >= 0.6 is 23.1 Å². The Labute approximate surface area is 182 Å². The molecule has 3 aromatic rings. The van der Waals surface area contributed by atoms with Crippen LogP contribution in [0, 0.1) is 6.92 Å². The van der Waals surface area contributed by atoms with Gasteiger partial charge in [0.05, 0.1) is 31.4 Å². The van der Waals surface area contributed by atoms with Crippen molar-refractivity contribution in [1.29, 1.82) is 0 Å². The number of hydrogen-bond donors (Lipinski definition) is 0. The van der Waals surface area contributed by atoms with Gasteiger partial charge >= 0.3 is 5.97 Å². The summed E-state index contributed by atoms with van der Waals surface area (Å²) < 4.78 is 17.6. The number of ether oxygens (including phenoxy) is 2. The zero-order chi connectivity index (χ0) is 21.3. The Hall–Kier alpha value is -2.10. The zero-order valence-electron chi connectivity index (χ0n) is 17.2. The lowest BCUT2D eigenvalue weighted by Gasteiger charge is -2.16. The Bertz CT molecular complexity index is 1120. The maximum Gasteiger partial charge on any atom is 0.374 e. The summed E-state index contributed by atoms with van der Waals surface area (Å²) in [6, 6.07) is 1.74. The molecule has 160 valence electrons. The standard InChI is InChI=1S/C21H24N2O5S2/c1-4-15-12(2)30-18-16(15)19(24)23(10-14-6-5-8-27-14)21(22-18)29-11-13-7-9-28-17(13)20(25)26-3/h7,9,14H,4-6,8,10-11H2,1-3H3/t14-/m0/s1. The van der Waals surface area contributed by atoms with Crippen LogP contribution in [0.4, 0.5) is 0 Å². The SMILES string of the molecule is CCc1c(C)sc2nc(SCc3ccoc3C(=O)OC)n(C[C@@H]3CCCO3)c(=O)c12. The number of fused-ring (bicyclic) bond motifs is 1. The number of methoxy groups -OCH3 is 1. The Morgan fingerprint density at radius 1 is 1.47 bits per heavy atom. The van der Waals surface area contributed by atoms with Crippen LogP contribution in [0.15, 0.2) is 26.7 Å². The average Bonchev–Trinajstić information content (AvgIpc) is 3.47. The number of esters is 1. The summed E-state index contributed by atoms with van der Waals surface area (Å²) >= 11 is 2.97. The number of rotatable bonds is 7. The Morgan fingerprint density at radius 2 is 2.30 bits per heavy atom. The number of thioether (sulfide) groups is 1. The van der Waals surface area contributed by atoms with E-state index in [1.165, 1.54) is 25.1 Å². The molecule has 4 rings (SSSR count). The van der Waals surface area contributed by atoms with Crippen LogP contribution in [0.3, 0.4) is 0 Å². The molecule has 30 heavy (non-hydrogen) atoms. The molecule has 0 aromatic carbocycles. The summed E-state index contributed by atoms with van der Waals surface area (Å²) in [6.45, 7) is 5.31. The van der Waals surface area contributed by atoms with Crippen molar-refractivity contribution in [2.45, 2.75) is 56.7 Å². The highest BCUT2D eigenvalue weighted by molar-refractivity contribution is 7.98. The number of furan rings is 1. The van der Waals surface area contributed by atoms with E-state index in [9.17, 15) is 9.59 Å². The van der Waals surface area contributed by atoms with Gasteiger partial charge in [-0.3, -0.25) is 9.36 Å². The minimum absolute atomic E-state index is 0.0143. The first-order valence-corrected chi connectivity index (χ1v) is 11.8. The van der Waals surface area contributed by atoms with E-state index in [1.807, 2.05) is 6.92 Å². The van der Waals surface area contributed by atoms with Gasteiger partial charge in [-0.1, -0.05) is 18.7 Å². The van der Waals surface area contributed by atoms with E-state index in [0.29, 0.717) is 23.0 Å². The summed E-state index contributed by atoms with van der Waals surface area (Å²) in [5, 5.41) is 1.35. The second-order valence-electron chi connectivity index (χ2n) is 7.17. The predicted molar refractivity (Wildman–Crippen MR) is 117 cm³/mol. The molecule has 1 aliphatic rings. The molecule has 0 bridgehead atoms. The molecule has 0 aliphatic carbocycles. The predicted octanol–water partition coefficient (Wildman–Crippen LogP) is 4.18. The third-order valence-electron chi connectivity index (χ3n) is 5.32. The molecule has 0 N–H and O–H groups in total. The highest BCUT2D eigenvalue weighted by Gasteiger charge is 2.23. The molecule has 0 unspecified atom stereocenters. The van der Waals surface area contributed by atoms with Crippen molar-refractivity contribution in [3.63, 3.8) is 0 Å². The number of nitrogens with zero attached hydrogens (tertiary/aromatic N) is 2. The third-order valence-corrected chi connectivity index (χ3v) is 7.38. The van der Waals surface area contributed by atoms with E-state index < -0.39 is 5.97 Å². The summed E-state index contributed by atoms with van der Waals surface area (Å²) in [5.41, 5.74) is 1.77. The number of thiophene rings is 1. The molecule has 3 aromatic heterocycles. The molecule has 0 radical (unpaired) electrons. The minimum Gasteiger partial charge on any atom is -0.463 e.